The summed E-state index contributed by atoms with van der Waals surface area (Å²) in [4.78, 5) is 20.8. The third kappa shape index (κ3) is 3.42. The van der Waals surface area contributed by atoms with Crippen LogP contribution < -0.4 is 10.2 Å². The van der Waals surface area contributed by atoms with Gasteiger partial charge in [-0.15, -0.1) is 21.5 Å². The summed E-state index contributed by atoms with van der Waals surface area (Å²) in [5.74, 6) is 0.156. The van der Waals surface area contributed by atoms with Crippen molar-refractivity contribution in [2.75, 3.05) is 23.3 Å². The molecule has 0 saturated carbocycles. The van der Waals surface area contributed by atoms with Crippen LogP contribution in [0.4, 0.5) is 10.3 Å². The zero-order valence-corrected chi connectivity index (χ0v) is 16.4. The topological polar surface area (TPSA) is 71.0 Å². The average molecular weight is 382 g/mol. The van der Waals surface area contributed by atoms with E-state index in [1.807, 2.05) is 6.07 Å². The largest absolute Gasteiger partial charge is 0.349 e. The molecule has 0 aliphatic heterocycles. The van der Waals surface area contributed by atoms with E-state index in [0.29, 0.717) is 15.9 Å². The number of amides is 1. The van der Waals surface area contributed by atoms with Crippen LogP contribution in [0.15, 0.2) is 6.07 Å². The number of nitrogens with one attached hydrogen (secondary N) is 1. The molecule has 9 heteroatoms. The molecule has 0 aliphatic rings. The highest BCUT2D eigenvalue weighted by Gasteiger charge is 2.17. The van der Waals surface area contributed by atoms with Crippen molar-refractivity contribution in [3.63, 3.8) is 0 Å². The van der Waals surface area contributed by atoms with E-state index in [1.54, 1.807) is 11.3 Å². The van der Waals surface area contributed by atoms with Crippen molar-refractivity contribution >= 4 is 59.7 Å². The van der Waals surface area contributed by atoms with Crippen molar-refractivity contribution < 1.29 is 4.79 Å². The van der Waals surface area contributed by atoms with E-state index in [0.717, 1.165) is 32.8 Å². The zero-order valence-electron chi connectivity index (χ0n) is 14.0. The van der Waals surface area contributed by atoms with Crippen molar-refractivity contribution in [2.45, 2.75) is 33.6 Å². The first-order valence-electron chi connectivity index (χ1n) is 7.81. The molecular weight excluding hydrogens is 362 g/mol. The van der Waals surface area contributed by atoms with E-state index in [1.165, 1.54) is 22.7 Å². The minimum absolute atomic E-state index is 0.152. The summed E-state index contributed by atoms with van der Waals surface area (Å²) < 4.78 is 1.05. The maximum absolute atomic E-state index is 12.4. The van der Waals surface area contributed by atoms with Crippen LogP contribution in [0.3, 0.4) is 0 Å². The molecule has 0 aromatic carbocycles. The number of anilines is 2. The minimum atomic E-state index is -0.152. The molecule has 0 saturated heterocycles. The van der Waals surface area contributed by atoms with Gasteiger partial charge < -0.3 is 4.90 Å². The molecule has 3 aromatic rings. The minimum Gasteiger partial charge on any atom is -0.349 e. The summed E-state index contributed by atoms with van der Waals surface area (Å²) in [5, 5.41) is 13.4. The fraction of sp³-hybridized carbons (Fsp3) is 0.467. The summed E-state index contributed by atoms with van der Waals surface area (Å²) >= 11 is 4.46. The van der Waals surface area contributed by atoms with E-state index in [2.05, 4.69) is 53.1 Å². The fourth-order valence-electron chi connectivity index (χ4n) is 2.14. The average Bonchev–Trinajstić information content (AvgIpc) is 3.22. The van der Waals surface area contributed by atoms with Gasteiger partial charge in [0.2, 0.25) is 5.13 Å². The van der Waals surface area contributed by atoms with Crippen LogP contribution in [0.5, 0.6) is 0 Å². The van der Waals surface area contributed by atoms with Crippen LogP contribution in [-0.2, 0) is 0 Å². The van der Waals surface area contributed by atoms with Crippen LogP contribution in [0.2, 0.25) is 0 Å². The second-order valence-electron chi connectivity index (χ2n) is 5.50. The molecule has 24 heavy (non-hydrogen) atoms. The Labute approximate surface area is 152 Å². The number of nitrogens with zero attached hydrogens (tertiary/aromatic N) is 4. The third-order valence-corrected chi connectivity index (χ3v) is 6.85. The Hall–Kier alpha value is -1.58. The quantitative estimate of drug-likeness (QED) is 0.684. The first-order valence-corrected chi connectivity index (χ1v) is 10.3. The predicted molar refractivity (Wildman–Crippen MR) is 103 cm³/mol. The lowest BCUT2D eigenvalue weighted by molar-refractivity contribution is 0.103. The highest BCUT2D eigenvalue weighted by atomic mass is 32.1. The van der Waals surface area contributed by atoms with Crippen LogP contribution in [0.25, 0.3) is 9.53 Å². The van der Waals surface area contributed by atoms with Gasteiger partial charge in [-0.05, 0) is 19.9 Å². The fourth-order valence-corrected chi connectivity index (χ4v) is 5.12. The monoisotopic (exact) mass is 381 g/mol. The lowest BCUT2D eigenvalue weighted by Gasteiger charge is -2.16. The van der Waals surface area contributed by atoms with E-state index in [-0.39, 0.29) is 5.91 Å². The van der Waals surface area contributed by atoms with E-state index in [4.69, 9.17) is 0 Å². The normalized spacial score (nSPS) is 11.4. The van der Waals surface area contributed by atoms with Gasteiger partial charge in [-0.3, -0.25) is 10.1 Å². The smallest absolute Gasteiger partial charge is 0.267 e. The highest BCUT2D eigenvalue weighted by Crippen LogP contribution is 2.35. The Morgan fingerprint density at radius 2 is 1.96 bits per heavy atom. The summed E-state index contributed by atoms with van der Waals surface area (Å²) in [6, 6.07) is 1.91. The van der Waals surface area contributed by atoms with E-state index < -0.39 is 0 Å². The second-order valence-corrected chi connectivity index (χ2v) is 8.55. The standard InChI is InChI=1S/C15H19N5OS3/c1-5-20(6-2)15-17-13-10(23-15)7-9(22-13)11(21)16-14-19-18-12(24-14)8(3)4/h7-8H,5-6H2,1-4H3,(H,16,19,21). The van der Waals surface area contributed by atoms with Crippen LogP contribution in [0, 0.1) is 0 Å². The first-order chi connectivity index (χ1) is 11.5. The van der Waals surface area contributed by atoms with Crippen molar-refractivity contribution in [1.82, 2.24) is 15.2 Å². The summed E-state index contributed by atoms with van der Waals surface area (Å²) in [6.45, 7) is 10.2. The molecule has 0 radical (unpaired) electrons. The van der Waals surface area contributed by atoms with Crippen LogP contribution in [-0.4, -0.2) is 34.2 Å². The number of carbonyl (C=O) groups is 1. The Morgan fingerprint density at radius 3 is 2.54 bits per heavy atom. The molecule has 0 fully saturated rings. The molecule has 0 unspecified atom stereocenters. The number of thiophene rings is 1. The lowest BCUT2D eigenvalue weighted by Crippen LogP contribution is -2.21. The van der Waals surface area contributed by atoms with Gasteiger partial charge >= 0.3 is 0 Å². The van der Waals surface area contributed by atoms with Gasteiger partial charge in [0.05, 0.1) is 9.58 Å². The third-order valence-electron chi connectivity index (χ3n) is 3.49. The number of fused-ring (bicyclic) bond motifs is 1. The van der Waals surface area contributed by atoms with Gasteiger partial charge in [-0.25, -0.2) is 4.98 Å². The first kappa shape index (κ1) is 17.2. The molecule has 0 bridgehead atoms. The van der Waals surface area contributed by atoms with E-state index >= 15 is 0 Å². The summed E-state index contributed by atoms with van der Waals surface area (Å²) in [6.07, 6.45) is 0. The molecule has 1 N–H and O–H groups in total. The maximum Gasteiger partial charge on any atom is 0.267 e. The lowest BCUT2D eigenvalue weighted by atomic mass is 10.2. The second kappa shape index (κ2) is 7.12. The van der Waals surface area contributed by atoms with Gasteiger partial charge in [-0.2, -0.15) is 0 Å². The Bertz CT molecular complexity index is 815. The van der Waals surface area contributed by atoms with Crippen molar-refractivity contribution in [2.24, 2.45) is 0 Å². The van der Waals surface area contributed by atoms with Crippen molar-refractivity contribution in [3.8, 4) is 0 Å². The van der Waals surface area contributed by atoms with Crippen LogP contribution in [0.1, 0.15) is 48.3 Å². The molecule has 0 spiro atoms. The van der Waals surface area contributed by atoms with Crippen LogP contribution >= 0.6 is 34.0 Å². The van der Waals surface area contributed by atoms with E-state index in [9.17, 15) is 4.79 Å². The van der Waals surface area contributed by atoms with Gasteiger partial charge in [-0.1, -0.05) is 36.5 Å². The molecule has 0 atom stereocenters. The SMILES string of the molecule is CCN(CC)c1nc2sc(C(=O)Nc3nnc(C(C)C)s3)cc2s1. The Kier molecular flexibility index (Phi) is 5.12. The Morgan fingerprint density at radius 1 is 1.21 bits per heavy atom. The molecule has 1 amide bonds. The number of thiazole rings is 1. The maximum atomic E-state index is 12.4. The molecule has 3 aromatic heterocycles. The Balaban J connectivity index is 1.76. The highest BCUT2D eigenvalue weighted by molar-refractivity contribution is 7.29. The number of hydrogen-bond acceptors (Lipinski definition) is 8. The van der Waals surface area contributed by atoms with Gasteiger partial charge in [0, 0.05) is 19.0 Å². The number of hydrogen-bond donors (Lipinski definition) is 1. The molecule has 3 rings (SSSR count). The number of carbonyl (C=O) groups excluding carboxylic acids is 1. The van der Waals surface area contributed by atoms with Gasteiger partial charge in [0.25, 0.3) is 5.91 Å². The zero-order chi connectivity index (χ0) is 17.3. The summed E-state index contributed by atoms with van der Waals surface area (Å²) in [5.41, 5.74) is 0. The predicted octanol–water partition coefficient (Wildman–Crippen LogP) is 4.43. The molecule has 128 valence electrons. The van der Waals surface area contributed by atoms with Gasteiger partial charge in [0.1, 0.15) is 9.84 Å². The molecular formula is C15H19N5OS3. The summed E-state index contributed by atoms with van der Waals surface area (Å²) in [7, 11) is 0. The number of rotatable bonds is 6. The van der Waals surface area contributed by atoms with Crippen molar-refractivity contribution in [3.05, 3.63) is 16.0 Å². The molecule has 3 heterocycles. The van der Waals surface area contributed by atoms with Gasteiger partial charge in [0.15, 0.2) is 5.13 Å². The molecule has 0 aliphatic carbocycles. The molecule has 6 nitrogen and oxygen atoms in total. The van der Waals surface area contributed by atoms with Crippen molar-refractivity contribution in [1.29, 1.82) is 0 Å². The number of aromatic nitrogens is 3.